The standard InChI is InChI=1S/C10H18N2S/c1-11(2)5-6-12(3)8-10-4-7-13-9-10/h4,7,9H,5-6,8H2,1-3H3/p+2. The fourth-order valence-electron chi connectivity index (χ4n) is 1.29. The number of likely N-dealkylation sites (N-methyl/N-ethyl adjacent to an activating group) is 2. The SMILES string of the molecule is C[NH+](C)CC[NH+](C)Cc1ccsc1. The van der Waals surface area contributed by atoms with Crippen LogP contribution in [0.4, 0.5) is 0 Å². The fraction of sp³-hybridized carbons (Fsp3) is 0.600. The first-order valence-corrected chi connectivity index (χ1v) is 5.74. The normalized spacial score (nSPS) is 13.5. The van der Waals surface area contributed by atoms with Crippen LogP contribution in [0.15, 0.2) is 16.8 Å². The largest absolute Gasteiger partial charge is 0.335 e. The molecule has 0 bridgehead atoms. The summed E-state index contributed by atoms with van der Waals surface area (Å²) in [6.07, 6.45) is 0. The Kier molecular flexibility index (Phi) is 4.42. The predicted octanol–water partition coefficient (Wildman–Crippen LogP) is -1.09. The topological polar surface area (TPSA) is 8.88 Å². The maximum atomic E-state index is 2.26. The third-order valence-corrected chi connectivity index (χ3v) is 2.87. The third kappa shape index (κ3) is 4.41. The van der Waals surface area contributed by atoms with Crippen LogP contribution in [0.25, 0.3) is 0 Å². The molecular weight excluding hydrogens is 180 g/mol. The summed E-state index contributed by atoms with van der Waals surface area (Å²) in [7, 11) is 6.68. The van der Waals surface area contributed by atoms with Gasteiger partial charge in [-0.2, -0.15) is 11.3 Å². The van der Waals surface area contributed by atoms with E-state index in [2.05, 4.69) is 38.0 Å². The highest BCUT2D eigenvalue weighted by Gasteiger charge is 2.05. The van der Waals surface area contributed by atoms with E-state index in [-0.39, 0.29) is 0 Å². The van der Waals surface area contributed by atoms with Crippen LogP contribution in [-0.4, -0.2) is 34.2 Å². The highest BCUT2D eigenvalue weighted by molar-refractivity contribution is 7.07. The second kappa shape index (κ2) is 5.37. The van der Waals surface area contributed by atoms with Gasteiger partial charge in [0, 0.05) is 5.56 Å². The predicted molar refractivity (Wildman–Crippen MR) is 57.5 cm³/mol. The molecule has 3 heteroatoms. The van der Waals surface area contributed by atoms with E-state index < -0.39 is 0 Å². The van der Waals surface area contributed by atoms with Crippen LogP contribution >= 0.6 is 11.3 Å². The first-order chi connectivity index (χ1) is 6.18. The third-order valence-electron chi connectivity index (χ3n) is 2.14. The lowest BCUT2D eigenvalue weighted by Crippen LogP contribution is -3.15. The molecule has 1 unspecified atom stereocenters. The lowest BCUT2D eigenvalue weighted by molar-refractivity contribution is -0.937. The maximum absolute atomic E-state index is 2.26. The van der Waals surface area contributed by atoms with Gasteiger partial charge >= 0.3 is 0 Å². The average Bonchev–Trinajstić information content (AvgIpc) is 2.53. The molecule has 1 atom stereocenters. The first-order valence-electron chi connectivity index (χ1n) is 4.80. The molecule has 0 aromatic carbocycles. The molecule has 0 aliphatic heterocycles. The van der Waals surface area contributed by atoms with Gasteiger partial charge in [-0.15, -0.1) is 0 Å². The van der Waals surface area contributed by atoms with Crippen molar-refractivity contribution >= 4 is 11.3 Å². The van der Waals surface area contributed by atoms with Gasteiger partial charge in [0.2, 0.25) is 0 Å². The average molecular weight is 200 g/mol. The molecule has 13 heavy (non-hydrogen) atoms. The van der Waals surface area contributed by atoms with Crippen molar-refractivity contribution in [1.29, 1.82) is 0 Å². The minimum absolute atomic E-state index is 1.16. The molecule has 2 nitrogen and oxygen atoms in total. The minimum atomic E-state index is 1.16. The zero-order chi connectivity index (χ0) is 9.68. The molecule has 74 valence electrons. The molecule has 1 rings (SSSR count). The quantitative estimate of drug-likeness (QED) is 0.597. The Labute approximate surface area is 84.8 Å². The Hall–Kier alpha value is -0.380. The van der Waals surface area contributed by atoms with Gasteiger partial charge in [-0.05, 0) is 16.8 Å². The van der Waals surface area contributed by atoms with Crippen LogP contribution in [0.3, 0.4) is 0 Å². The van der Waals surface area contributed by atoms with Crippen LogP contribution in [0.2, 0.25) is 0 Å². The van der Waals surface area contributed by atoms with Gasteiger partial charge in [-0.3, -0.25) is 0 Å². The summed E-state index contributed by atoms with van der Waals surface area (Å²) in [5.41, 5.74) is 1.47. The number of hydrogen-bond acceptors (Lipinski definition) is 1. The molecule has 2 N–H and O–H groups in total. The first kappa shape index (κ1) is 10.7. The molecule has 0 radical (unpaired) electrons. The smallest absolute Gasteiger partial charge is 0.127 e. The van der Waals surface area contributed by atoms with Crippen molar-refractivity contribution in [2.45, 2.75) is 6.54 Å². The monoisotopic (exact) mass is 200 g/mol. The second-order valence-corrected chi connectivity index (χ2v) is 4.75. The maximum Gasteiger partial charge on any atom is 0.127 e. The van der Waals surface area contributed by atoms with E-state index in [9.17, 15) is 0 Å². The van der Waals surface area contributed by atoms with Crippen LogP contribution in [0, 0.1) is 0 Å². The summed E-state index contributed by atoms with van der Waals surface area (Å²) in [5, 5.41) is 4.39. The highest BCUT2D eigenvalue weighted by Crippen LogP contribution is 2.03. The number of quaternary nitrogens is 2. The summed E-state index contributed by atoms with van der Waals surface area (Å²) >= 11 is 1.79. The lowest BCUT2D eigenvalue weighted by Gasteiger charge is -2.14. The van der Waals surface area contributed by atoms with Gasteiger partial charge < -0.3 is 9.80 Å². The second-order valence-electron chi connectivity index (χ2n) is 3.97. The fourth-order valence-corrected chi connectivity index (χ4v) is 1.96. The zero-order valence-corrected chi connectivity index (χ0v) is 9.58. The Morgan fingerprint density at radius 3 is 2.54 bits per heavy atom. The molecule has 0 aliphatic rings. The molecule has 0 saturated heterocycles. The van der Waals surface area contributed by atoms with Gasteiger partial charge in [0.25, 0.3) is 0 Å². The van der Waals surface area contributed by atoms with E-state index >= 15 is 0 Å². The van der Waals surface area contributed by atoms with Crippen LogP contribution in [-0.2, 0) is 6.54 Å². The Morgan fingerprint density at radius 2 is 2.00 bits per heavy atom. The van der Waals surface area contributed by atoms with Crippen molar-refractivity contribution in [3.05, 3.63) is 22.4 Å². The van der Waals surface area contributed by atoms with E-state index in [1.54, 1.807) is 16.2 Å². The number of thiophene rings is 1. The van der Waals surface area contributed by atoms with E-state index in [1.807, 2.05) is 0 Å². The van der Waals surface area contributed by atoms with E-state index in [0.29, 0.717) is 0 Å². The molecule has 1 aromatic heterocycles. The van der Waals surface area contributed by atoms with E-state index in [0.717, 1.165) is 6.54 Å². The molecule has 1 heterocycles. The molecular formula is C10H20N2S+2. The van der Waals surface area contributed by atoms with E-state index in [4.69, 9.17) is 0 Å². The molecule has 0 fully saturated rings. The number of nitrogens with one attached hydrogen (secondary N) is 2. The minimum Gasteiger partial charge on any atom is -0.335 e. The zero-order valence-electron chi connectivity index (χ0n) is 8.76. The van der Waals surface area contributed by atoms with Gasteiger partial charge in [-0.25, -0.2) is 0 Å². The highest BCUT2D eigenvalue weighted by atomic mass is 32.1. The van der Waals surface area contributed by atoms with Crippen molar-refractivity contribution in [2.75, 3.05) is 34.2 Å². The van der Waals surface area contributed by atoms with Crippen molar-refractivity contribution in [3.8, 4) is 0 Å². The molecule has 0 amide bonds. The Bertz CT molecular complexity index is 219. The van der Waals surface area contributed by atoms with Gasteiger partial charge in [0.05, 0.1) is 21.1 Å². The number of rotatable bonds is 5. The van der Waals surface area contributed by atoms with Crippen molar-refractivity contribution < 1.29 is 9.80 Å². The summed E-state index contributed by atoms with van der Waals surface area (Å²) in [6.45, 7) is 3.66. The van der Waals surface area contributed by atoms with Crippen molar-refractivity contribution in [2.24, 2.45) is 0 Å². The molecule has 1 aromatic rings. The summed E-state index contributed by atoms with van der Waals surface area (Å²) in [6, 6.07) is 2.22. The van der Waals surface area contributed by atoms with Crippen LogP contribution in [0.5, 0.6) is 0 Å². The summed E-state index contributed by atoms with van der Waals surface area (Å²) in [4.78, 5) is 3.13. The lowest BCUT2D eigenvalue weighted by atomic mass is 10.3. The van der Waals surface area contributed by atoms with Crippen molar-refractivity contribution in [3.63, 3.8) is 0 Å². The van der Waals surface area contributed by atoms with Gasteiger partial charge in [0.1, 0.15) is 19.6 Å². The molecule has 0 saturated carbocycles. The van der Waals surface area contributed by atoms with Gasteiger partial charge in [0.15, 0.2) is 0 Å². The van der Waals surface area contributed by atoms with Gasteiger partial charge in [-0.1, -0.05) is 0 Å². The Morgan fingerprint density at radius 1 is 1.23 bits per heavy atom. The van der Waals surface area contributed by atoms with Crippen LogP contribution in [0.1, 0.15) is 5.56 Å². The number of hydrogen-bond donors (Lipinski definition) is 2. The van der Waals surface area contributed by atoms with Crippen LogP contribution < -0.4 is 9.80 Å². The molecule has 0 spiro atoms. The molecule has 0 aliphatic carbocycles. The van der Waals surface area contributed by atoms with E-state index in [1.165, 1.54) is 23.6 Å². The summed E-state index contributed by atoms with van der Waals surface area (Å²) < 4.78 is 0. The van der Waals surface area contributed by atoms with Crippen molar-refractivity contribution in [1.82, 2.24) is 0 Å². The Balaban J connectivity index is 2.22. The summed E-state index contributed by atoms with van der Waals surface area (Å²) in [5.74, 6) is 0.